The van der Waals surface area contributed by atoms with Crippen molar-refractivity contribution in [3.05, 3.63) is 35.4 Å². The first kappa shape index (κ1) is 27.1. The standard InChI is InChI=1S/C24H36N2O6S/c1-15-8-7-9-19(12-15)13-22(29)25-14-20-23(31-18(4)27)16(2)17(3)24(32-20)30-11-6-5-10-21(28)26-33/h7-9,12,16-17,20,23-24,33H,5-6,10-11,13-14H2,1-4H3,(H,25,29)(H,26,28)/t16-,17?,20?,23-,24?/m1/s1. The van der Waals surface area contributed by atoms with Crippen LogP contribution in [0.25, 0.3) is 0 Å². The molecule has 3 unspecified atom stereocenters. The maximum absolute atomic E-state index is 12.5. The van der Waals surface area contributed by atoms with E-state index in [1.807, 2.05) is 45.0 Å². The van der Waals surface area contributed by atoms with Crippen molar-refractivity contribution in [2.45, 2.75) is 71.9 Å². The van der Waals surface area contributed by atoms with E-state index >= 15 is 0 Å². The van der Waals surface area contributed by atoms with E-state index in [1.165, 1.54) is 6.92 Å². The Kier molecular flexibility index (Phi) is 11.2. The van der Waals surface area contributed by atoms with Crippen molar-refractivity contribution >= 4 is 30.6 Å². The first-order valence-electron chi connectivity index (χ1n) is 11.4. The van der Waals surface area contributed by atoms with Gasteiger partial charge in [0, 0.05) is 38.3 Å². The molecule has 0 spiro atoms. The summed E-state index contributed by atoms with van der Waals surface area (Å²) in [7, 11) is 0. The molecule has 0 radical (unpaired) electrons. The molecule has 1 aliphatic heterocycles. The molecule has 1 aromatic rings. The minimum Gasteiger partial charge on any atom is -0.459 e. The van der Waals surface area contributed by atoms with Crippen molar-refractivity contribution in [2.24, 2.45) is 11.8 Å². The van der Waals surface area contributed by atoms with E-state index in [2.05, 4.69) is 22.9 Å². The number of carbonyl (C=O) groups is 3. The lowest BCUT2D eigenvalue weighted by molar-refractivity contribution is -0.265. The van der Waals surface area contributed by atoms with Gasteiger partial charge in [-0.2, -0.15) is 0 Å². The van der Waals surface area contributed by atoms with E-state index in [0.29, 0.717) is 25.9 Å². The molecule has 0 aromatic heterocycles. The molecule has 2 N–H and O–H groups in total. The molecule has 1 aromatic carbocycles. The van der Waals surface area contributed by atoms with E-state index in [0.717, 1.165) is 11.1 Å². The SMILES string of the molecule is CC(=O)O[C@H]1C(CNC(=O)Cc2cccc(C)c2)OC(OCCCCC(=O)NS)C(C)[C@H]1C. The molecule has 9 heteroatoms. The average molecular weight is 481 g/mol. The van der Waals surface area contributed by atoms with E-state index in [-0.39, 0.29) is 42.6 Å². The van der Waals surface area contributed by atoms with E-state index in [4.69, 9.17) is 14.2 Å². The molecular formula is C24H36N2O6S. The van der Waals surface area contributed by atoms with Gasteiger partial charge in [-0.3, -0.25) is 14.4 Å². The number of hydrogen-bond donors (Lipinski definition) is 3. The molecular weight excluding hydrogens is 444 g/mol. The number of unbranched alkanes of at least 4 members (excludes halogenated alkanes) is 1. The van der Waals surface area contributed by atoms with Crippen LogP contribution in [0.4, 0.5) is 0 Å². The zero-order valence-corrected chi connectivity index (χ0v) is 20.7. The Balaban J connectivity index is 1.93. The van der Waals surface area contributed by atoms with Gasteiger partial charge in [0.25, 0.3) is 0 Å². The molecule has 1 heterocycles. The van der Waals surface area contributed by atoms with E-state index < -0.39 is 18.5 Å². The van der Waals surface area contributed by atoms with Gasteiger partial charge in [-0.15, -0.1) is 0 Å². The van der Waals surface area contributed by atoms with Gasteiger partial charge >= 0.3 is 5.97 Å². The number of nitrogens with one attached hydrogen (secondary N) is 2. The molecule has 5 atom stereocenters. The lowest BCUT2D eigenvalue weighted by atomic mass is 9.84. The molecule has 1 aliphatic rings. The van der Waals surface area contributed by atoms with Crippen LogP contribution in [-0.4, -0.2) is 49.4 Å². The van der Waals surface area contributed by atoms with Crippen molar-refractivity contribution in [3.8, 4) is 0 Å². The predicted octanol–water partition coefficient (Wildman–Crippen LogP) is 2.73. The Bertz CT molecular complexity index is 805. The van der Waals surface area contributed by atoms with Crippen molar-refractivity contribution in [1.82, 2.24) is 10.0 Å². The summed E-state index contributed by atoms with van der Waals surface area (Å²) in [6, 6.07) is 7.80. The van der Waals surface area contributed by atoms with Crippen molar-refractivity contribution in [2.75, 3.05) is 13.2 Å². The van der Waals surface area contributed by atoms with Crippen LogP contribution in [0, 0.1) is 18.8 Å². The highest BCUT2D eigenvalue weighted by molar-refractivity contribution is 7.78. The first-order valence-corrected chi connectivity index (χ1v) is 11.9. The summed E-state index contributed by atoms with van der Waals surface area (Å²) in [4.78, 5) is 35.5. The minimum atomic E-state index is -0.526. The fourth-order valence-corrected chi connectivity index (χ4v) is 4.03. The van der Waals surface area contributed by atoms with Gasteiger partial charge in [0.1, 0.15) is 12.2 Å². The van der Waals surface area contributed by atoms with Crippen molar-refractivity contribution in [1.29, 1.82) is 0 Å². The smallest absolute Gasteiger partial charge is 0.303 e. The van der Waals surface area contributed by atoms with Crippen LogP contribution in [0.5, 0.6) is 0 Å². The van der Waals surface area contributed by atoms with Gasteiger partial charge in [-0.05, 0) is 25.3 Å². The molecule has 0 saturated carbocycles. The third kappa shape index (κ3) is 8.98. The minimum absolute atomic E-state index is 0.0191. The average Bonchev–Trinajstić information content (AvgIpc) is 2.76. The van der Waals surface area contributed by atoms with E-state index in [9.17, 15) is 14.4 Å². The van der Waals surface area contributed by atoms with Crippen LogP contribution in [0.1, 0.15) is 51.2 Å². The molecule has 33 heavy (non-hydrogen) atoms. The molecule has 2 amide bonds. The van der Waals surface area contributed by atoms with Gasteiger partial charge < -0.3 is 24.2 Å². The number of ether oxygens (including phenoxy) is 3. The van der Waals surface area contributed by atoms with Crippen LogP contribution in [0.2, 0.25) is 0 Å². The summed E-state index contributed by atoms with van der Waals surface area (Å²) < 4.78 is 20.0. The Morgan fingerprint density at radius 3 is 2.55 bits per heavy atom. The van der Waals surface area contributed by atoms with Crippen molar-refractivity contribution < 1.29 is 28.6 Å². The van der Waals surface area contributed by atoms with Crippen LogP contribution in [-0.2, 0) is 35.0 Å². The maximum Gasteiger partial charge on any atom is 0.303 e. The van der Waals surface area contributed by atoms with Crippen LogP contribution in [0.3, 0.4) is 0 Å². The maximum atomic E-state index is 12.5. The summed E-state index contributed by atoms with van der Waals surface area (Å²) >= 11 is 3.74. The van der Waals surface area contributed by atoms with E-state index in [1.54, 1.807) is 0 Å². The number of aryl methyl sites for hydroxylation is 1. The molecule has 1 fully saturated rings. The molecule has 184 valence electrons. The highest BCUT2D eigenvalue weighted by Gasteiger charge is 2.44. The highest BCUT2D eigenvalue weighted by atomic mass is 32.1. The van der Waals surface area contributed by atoms with Crippen LogP contribution in [0.15, 0.2) is 24.3 Å². The molecule has 2 rings (SSSR count). The number of benzene rings is 1. The lowest BCUT2D eigenvalue weighted by Crippen LogP contribution is -2.55. The second-order valence-corrected chi connectivity index (χ2v) is 8.89. The van der Waals surface area contributed by atoms with Gasteiger partial charge in [0.05, 0.1) is 6.42 Å². The van der Waals surface area contributed by atoms with Gasteiger partial charge in [-0.1, -0.05) is 56.5 Å². The van der Waals surface area contributed by atoms with Gasteiger partial charge in [-0.25, -0.2) is 0 Å². The number of amides is 2. The van der Waals surface area contributed by atoms with Crippen LogP contribution < -0.4 is 10.0 Å². The fourth-order valence-electron chi connectivity index (χ4n) is 3.92. The first-order chi connectivity index (χ1) is 15.7. The van der Waals surface area contributed by atoms with Gasteiger partial charge in [0.15, 0.2) is 6.29 Å². The normalized spacial score (nSPS) is 24.7. The Morgan fingerprint density at radius 2 is 1.88 bits per heavy atom. The predicted molar refractivity (Wildman–Crippen MR) is 127 cm³/mol. The second kappa shape index (κ2) is 13.6. The molecule has 0 bridgehead atoms. The molecule has 0 aliphatic carbocycles. The fraction of sp³-hybridized carbons (Fsp3) is 0.625. The van der Waals surface area contributed by atoms with Crippen LogP contribution >= 0.6 is 12.8 Å². The van der Waals surface area contributed by atoms with Gasteiger partial charge in [0.2, 0.25) is 11.8 Å². The number of hydrogen-bond acceptors (Lipinski definition) is 7. The summed E-state index contributed by atoms with van der Waals surface area (Å²) in [5.41, 5.74) is 2.03. The third-order valence-electron chi connectivity index (χ3n) is 5.91. The Morgan fingerprint density at radius 1 is 1.12 bits per heavy atom. The third-order valence-corrected chi connectivity index (χ3v) is 6.16. The molecule has 8 nitrogen and oxygen atoms in total. The zero-order valence-electron chi connectivity index (χ0n) is 19.8. The Labute approximate surface area is 201 Å². The summed E-state index contributed by atoms with van der Waals surface area (Å²) in [6.07, 6.45) is 0.513. The quantitative estimate of drug-likeness (QED) is 0.256. The number of thiol groups is 1. The Hall–Kier alpha value is -2.10. The highest BCUT2D eigenvalue weighted by Crippen LogP contribution is 2.33. The summed E-state index contributed by atoms with van der Waals surface area (Å²) in [6.45, 7) is 7.99. The topological polar surface area (TPSA) is 103 Å². The second-order valence-electron chi connectivity index (χ2n) is 8.67. The number of carbonyl (C=O) groups excluding carboxylic acids is 3. The monoisotopic (exact) mass is 480 g/mol. The lowest BCUT2D eigenvalue weighted by Gasteiger charge is -2.43. The zero-order chi connectivity index (χ0) is 24.4. The summed E-state index contributed by atoms with van der Waals surface area (Å²) in [5, 5.41) is 2.91. The van der Waals surface area contributed by atoms with Crippen molar-refractivity contribution in [3.63, 3.8) is 0 Å². The summed E-state index contributed by atoms with van der Waals surface area (Å²) in [5.74, 6) is -0.687. The molecule has 1 saturated heterocycles. The number of esters is 1. The number of rotatable bonds is 11. The largest absolute Gasteiger partial charge is 0.459 e.